The highest BCUT2D eigenvalue weighted by molar-refractivity contribution is 8.19. The van der Waals surface area contributed by atoms with Crippen molar-refractivity contribution in [2.75, 3.05) is 4.90 Å². The lowest BCUT2D eigenvalue weighted by Gasteiger charge is -2.12. The van der Waals surface area contributed by atoms with Crippen LogP contribution >= 0.6 is 11.8 Å². The van der Waals surface area contributed by atoms with E-state index in [-0.39, 0.29) is 16.2 Å². The molecule has 1 heterocycles. The molecule has 120 valence electrons. The van der Waals surface area contributed by atoms with Crippen LogP contribution < -0.4 is 4.90 Å². The molecule has 0 bridgehead atoms. The first-order chi connectivity index (χ1) is 11.5. The van der Waals surface area contributed by atoms with E-state index in [1.54, 1.807) is 0 Å². The number of carboxylic acids is 1. The van der Waals surface area contributed by atoms with E-state index in [2.05, 4.69) is 0 Å². The Morgan fingerprint density at radius 1 is 1.08 bits per heavy atom. The first-order valence-electron chi connectivity index (χ1n) is 6.83. The van der Waals surface area contributed by atoms with Crippen LogP contribution in [0.15, 0.2) is 53.4 Å². The quantitative estimate of drug-likeness (QED) is 0.859. The number of thioether (sulfide) groups is 1. The van der Waals surface area contributed by atoms with Crippen LogP contribution in [-0.2, 0) is 4.79 Å². The lowest BCUT2D eigenvalue weighted by molar-refractivity contribution is -0.113. The summed E-state index contributed by atoms with van der Waals surface area (Å²) in [6.45, 7) is 0. The molecule has 7 heteroatoms. The number of rotatable bonds is 3. The number of aromatic carboxylic acids is 1. The van der Waals surface area contributed by atoms with Gasteiger partial charge in [-0.2, -0.15) is 0 Å². The van der Waals surface area contributed by atoms with E-state index < -0.39 is 22.9 Å². The Kier molecular flexibility index (Phi) is 4.18. The number of carboxylic acid groups (broad SMARTS) is 1. The van der Waals surface area contributed by atoms with E-state index in [0.717, 1.165) is 4.90 Å². The van der Waals surface area contributed by atoms with Crippen LogP contribution in [0.4, 0.5) is 14.9 Å². The van der Waals surface area contributed by atoms with Crippen molar-refractivity contribution in [1.82, 2.24) is 0 Å². The Balaban J connectivity index is 1.91. The summed E-state index contributed by atoms with van der Waals surface area (Å²) in [5.74, 6) is -2.33. The summed E-state index contributed by atoms with van der Waals surface area (Å²) in [5, 5.41) is 8.28. The van der Waals surface area contributed by atoms with Crippen LogP contribution in [0.25, 0.3) is 6.08 Å². The molecular weight excluding hydrogens is 333 g/mol. The van der Waals surface area contributed by atoms with E-state index in [9.17, 15) is 18.8 Å². The van der Waals surface area contributed by atoms with Crippen LogP contribution in [0, 0.1) is 5.82 Å². The van der Waals surface area contributed by atoms with Gasteiger partial charge in [0.2, 0.25) is 0 Å². The molecule has 0 spiro atoms. The van der Waals surface area contributed by atoms with Crippen molar-refractivity contribution in [3.8, 4) is 0 Å². The molecule has 1 N–H and O–H groups in total. The summed E-state index contributed by atoms with van der Waals surface area (Å²) in [5.41, 5.74) is 0.593. The third-order valence-electron chi connectivity index (χ3n) is 3.34. The lowest BCUT2D eigenvalue weighted by atomic mass is 10.1. The second kappa shape index (κ2) is 6.29. The van der Waals surface area contributed by atoms with Gasteiger partial charge in [0, 0.05) is 0 Å². The van der Waals surface area contributed by atoms with Crippen molar-refractivity contribution >= 4 is 40.6 Å². The summed E-state index contributed by atoms with van der Waals surface area (Å²) in [6, 6.07) is 11.4. The molecule has 0 radical (unpaired) electrons. The number of nitrogens with zero attached hydrogens (tertiary/aromatic N) is 1. The van der Waals surface area contributed by atoms with Crippen LogP contribution in [0.5, 0.6) is 0 Å². The number of imide groups is 1. The highest BCUT2D eigenvalue weighted by atomic mass is 32.2. The third kappa shape index (κ3) is 2.93. The summed E-state index contributed by atoms with van der Waals surface area (Å²) in [6.07, 6.45) is 1.47. The summed E-state index contributed by atoms with van der Waals surface area (Å²) in [7, 11) is 0. The molecule has 2 amide bonds. The second-order valence-corrected chi connectivity index (χ2v) is 5.89. The van der Waals surface area contributed by atoms with Gasteiger partial charge in [-0.3, -0.25) is 9.59 Å². The van der Waals surface area contributed by atoms with Crippen molar-refractivity contribution in [3.05, 3.63) is 70.4 Å². The van der Waals surface area contributed by atoms with Gasteiger partial charge in [-0.15, -0.1) is 0 Å². The van der Waals surface area contributed by atoms with Crippen LogP contribution in [0.2, 0.25) is 0 Å². The third-order valence-corrected chi connectivity index (χ3v) is 4.21. The van der Waals surface area contributed by atoms with Crippen molar-refractivity contribution in [3.63, 3.8) is 0 Å². The first kappa shape index (κ1) is 15.9. The number of amides is 2. The molecule has 5 nitrogen and oxygen atoms in total. The van der Waals surface area contributed by atoms with Gasteiger partial charge in [-0.1, -0.05) is 24.3 Å². The maximum absolute atomic E-state index is 13.8. The fraction of sp³-hybridized carbons (Fsp3) is 0. The molecule has 0 saturated carbocycles. The Morgan fingerprint density at radius 2 is 1.75 bits per heavy atom. The largest absolute Gasteiger partial charge is 0.478 e. The number of carbonyl (C=O) groups excluding carboxylic acids is 2. The molecule has 0 unspecified atom stereocenters. The Labute approximate surface area is 140 Å². The van der Waals surface area contributed by atoms with Gasteiger partial charge >= 0.3 is 5.97 Å². The average Bonchev–Trinajstić information content (AvgIpc) is 2.83. The minimum atomic E-state index is -1.05. The van der Waals surface area contributed by atoms with E-state index >= 15 is 0 Å². The molecule has 1 saturated heterocycles. The zero-order valence-electron chi connectivity index (χ0n) is 12.1. The van der Waals surface area contributed by atoms with Gasteiger partial charge < -0.3 is 5.11 Å². The van der Waals surface area contributed by atoms with E-state index in [1.807, 2.05) is 0 Å². The zero-order valence-corrected chi connectivity index (χ0v) is 12.9. The first-order valence-corrected chi connectivity index (χ1v) is 7.65. The fourth-order valence-electron chi connectivity index (χ4n) is 2.18. The Bertz CT molecular complexity index is 876. The molecule has 0 aromatic heterocycles. The maximum Gasteiger partial charge on any atom is 0.335 e. The van der Waals surface area contributed by atoms with Crippen LogP contribution in [-0.4, -0.2) is 22.2 Å². The van der Waals surface area contributed by atoms with E-state index in [0.29, 0.717) is 17.3 Å². The number of hydrogen-bond donors (Lipinski definition) is 1. The van der Waals surface area contributed by atoms with Gasteiger partial charge in [0.1, 0.15) is 5.82 Å². The molecular formula is C17H10FNO4S. The minimum Gasteiger partial charge on any atom is -0.478 e. The number of halogens is 1. The van der Waals surface area contributed by atoms with E-state index in [4.69, 9.17) is 5.11 Å². The summed E-state index contributed by atoms with van der Waals surface area (Å²) >= 11 is 0.706. The molecule has 2 aromatic carbocycles. The van der Waals surface area contributed by atoms with Crippen molar-refractivity contribution in [1.29, 1.82) is 0 Å². The number of hydrogen-bond acceptors (Lipinski definition) is 4. The molecule has 1 aliphatic rings. The molecule has 2 aromatic rings. The highest BCUT2D eigenvalue weighted by Crippen LogP contribution is 2.36. The number of benzene rings is 2. The molecule has 1 fully saturated rings. The van der Waals surface area contributed by atoms with Gasteiger partial charge in [-0.25, -0.2) is 14.1 Å². The predicted octanol–water partition coefficient (Wildman–Crippen LogP) is 3.76. The van der Waals surface area contributed by atoms with Gasteiger partial charge in [0.15, 0.2) is 0 Å². The number of carbonyl (C=O) groups is 3. The topological polar surface area (TPSA) is 74.7 Å². The Morgan fingerprint density at radius 3 is 2.38 bits per heavy atom. The summed E-state index contributed by atoms with van der Waals surface area (Å²) < 4.78 is 13.8. The number of para-hydroxylation sites is 1. The van der Waals surface area contributed by atoms with Crippen molar-refractivity contribution in [2.24, 2.45) is 0 Å². The smallest absolute Gasteiger partial charge is 0.335 e. The summed E-state index contributed by atoms with van der Waals surface area (Å²) in [4.78, 5) is 36.2. The minimum absolute atomic E-state index is 0.0929. The van der Waals surface area contributed by atoms with E-state index in [1.165, 1.54) is 54.6 Å². The molecule has 0 atom stereocenters. The zero-order chi connectivity index (χ0) is 17.3. The molecule has 1 aliphatic heterocycles. The fourth-order valence-corrected chi connectivity index (χ4v) is 3.02. The van der Waals surface area contributed by atoms with Gasteiger partial charge in [0.25, 0.3) is 11.1 Å². The SMILES string of the molecule is O=C(O)c1ccc(/C=C2\SC(=O)N(c3ccccc3F)C2=O)cc1. The molecule has 3 rings (SSSR count). The van der Waals surface area contributed by atoms with Gasteiger partial charge in [-0.05, 0) is 47.7 Å². The highest BCUT2D eigenvalue weighted by Gasteiger charge is 2.37. The number of anilines is 1. The maximum atomic E-state index is 13.8. The van der Waals surface area contributed by atoms with Crippen LogP contribution in [0.1, 0.15) is 15.9 Å². The average molecular weight is 343 g/mol. The van der Waals surface area contributed by atoms with Crippen molar-refractivity contribution in [2.45, 2.75) is 0 Å². The Hall–Kier alpha value is -2.93. The van der Waals surface area contributed by atoms with Crippen LogP contribution in [0.3, 0.4) is 0 Å². The van der Waals surface area contributed by atoms with Gasteiger partial charge in [0.05, 0.1) is 16.2 Å². The molecule has 0 aliphatic carbocycles. The predicted molar refractivity (Wildman–Crippen MR) is 88.3 cm³/mol. The lowest BCUT2D eigenvalue weighted by Crippen LogP contribution is -2.28. The standard InChI is InChI=1S/C17H10FNO4S/c18-12-3-1-2-4-13(12)19-15(20)14(24-17(19)23)9-10-5-7-11(8-6-10)16(21)22/h1-9H,(H,21,22)/b14-9-. The normalized spacial score (nSPS) is 16.0. The van der Waals surface area contributed by atoms with Crippen molar-refractivity contribution < 1.29 is 23.9 Å². The second-order valence-electron chi connectivity index (χ2n) is 4.90. The molecule has 24 heavy (non-hydrogen) atoms. The monoisotopic (exact) mass is 343 g/mol.